The average Bonchev–Trinajstić information content (AvgIpc) is 2.27. The van der Waals surface area contributed by atoms with E-state index in [1.165, 1.54) is 7.11 Å². The lowest BCUT2D eigenvalue weighted by Crippen LogP contribution is -2.09. The Kier molecular flexibility index (Phi) is 3.97. The quantitative estimate of drug-likeness (QED) is 0.784. The predicted octanol–water partition coefficient (Wildman–Crippen LogP) is 3.17. The molecule has 0 atom stereocenters. The number of esters is 1. The van der Waals surface area contributed by atoms with Gasteiger partial charge in [0.05, 0.1) is 19.8 Å². The van der Waals surface area contributed by atoms with Gasteiger partial charge in [-0.2, -0.15) is 0 Å². The van der Waals surface area contributed by atoms with Crippen molar-refractivity contribution in [1.82, 2.24) is 0 Å². The minimum atomic E-state index is -0.335. The minimum Gasteiger partial charge on any atom is -0.496 e. The van der Waals surface area contributed by atoms with E-state index in [0.29, 0.717) is 5.56 Å². The maximum Gasteiger partial charge on any atom is 0.339 e. The van der Waals surface area contributed by atoms with E-state index < -0.39 is 0 Å². The van der Waals surface area contributed by atoms with Crippen LogP contribution in [0.2, 0.25) is 0 Å². The first-order valence-electron chi connectivity index (χ1n) is 4.87. The number of ether oxygens (including phenoxy) is 2. The van der Waals surface area contributed by atoms with E-state index in [2.05, 4.69) is 15.9 Å². The van der Waals surface area contributed by atoms with Crippen molar-refractivity contribution in [3.05, 3.63) is 26.7 Å². The van der Waals surface area contributed by atoms with E-state index >= 15 is 0 Å². The predicted molar refractivity (Wildman–Crippen MR) is 66.2 cm³/mol. The van der Waals surface area contributed by atoms with Gasteiger partial charge in [-0.05, 0) is 47.8 Å². The van der Waals surface area contributed by atoms with Crippen molar-refractivity contribution in [3.63, 3.8) is 0 Å². The Hall–Kier alpha value is -1.03. The number of benzene rings is 1. The van der Waals surface area contributed by atoms with Gasteiger partial charge >= 0.3 is 5.97 Å². The lowest BCUT2D eigenvalue weighted by Gasteiger charge is -2.16. The average molecular weight is 287 g/mol. The smallest absolute Gasteiger partial charge is 0.339 e. The van der Waals surface area contributed by atoms with E-state index in [0.717, 1.165) is 26.9 Å². The van der Waals surface area contributed by atoms with E-state index in [1.807, 2.05) is 20.8 Å². The lowest BCUT2D eigenvalue weighted by molar-refractivity contribution is 0.0598. The Labute approximate surface area is 104 Å². The molecule has 0 fully saturated rings. The summed E-state index contributed by atoms with van der Waals surface area (Å²) in [7, 11) is 3.00. The third-order valence-electron chi connectivity index (χ3n) is 2.76. The van der Waals surface area contributed by atoms with Crippen LogP contribution in [0.5, 0.6) is 5.75 Å². The van der Waals surface area contributed by atoms with E-state index in [1.54, 1.807) is 7.11 Å². The van der Waals surface area contributed by atoms with Crippen LogP contribution in [0.25, 0.3) is 0 Å². The Balaban J connectivity index is 3.60. The normalized spacial score (nSPS) is 10.1. The van der Waals surface area contributed by atoms with Crippen LogP contribution in [0.15, 0.2) is 4.47 Å². The number of methoxy groups -OCH3 is 2. The van der Waals surface area contributed by atoms with Crippen LogP contribution < -0.4 is 4.74 Å². The maximum absolute atomic E-state index is 11.7. The summed E-state index contributed by atoms with van der Waals surface area (Å²) < 4.78 is 10.8. The highest BCUT2D eigenvalue weighted by molar-refractivity contribution is 9.10. The summed E-state index contributed by atoms with van der Waals surface area (Å²) >= 11 is 3.42. The van der Waals surface area contributed by atoms with Crippen LogP contribution in [0.3, 0.4) is 0 Å². The number of carbonyl (C=O) groups excluding carboxylic acids is 1. The zero-order valence-electron chi connectivity index (χ0n) is 10.1. The Bertz CT molecular complexity index is 409. The molecule has 0 unspecified atom stereocenters. The van der Waals surface area contributed by atoms with Crippen LogP contribution in [0, 0.1) is 20.8 Å². The van der Waals surface area contributed by atoms with Gasteiger partial charge in [-0.25, -0.2) is 4.79 Å². The minimum absolute atomic E-state index is 0.335. The molecule has 1 aromatic rings. The number of hydrogen-bond donors (Lipinski definition) is 0. The molecular weight excluding hydrogens is 272 g/mol. The number of hydrogen-bond acceptors (Lipinski definition) is 3. The van der Waals surface area contributed by atoms with Gasteiger partial charge < -0.3 is 9.47 Å². The van der Waals surface area contributed by atoms with Gasteiger partial charge in [-0.3, -0.25) is 0 Å². The maximum atomic E-state index is 11.7. The lowest BCUT2D eigenvalue weighted by atomic mass is 9.98. The fraction of sp³-hybridized carbons (Fsp3) is 0.417. The number of halogens is 1. The summed E-state index contributed by atoms with van der Waals surface area (Å²) in [6.07, 6.45) is 0. The third-order valence-corrected chi connectivity index (χ3v) is 3.75. The molecule has 0 aliphatic rings. The van der Waals surface area contributed by atoms with Crippen molar-refractivity contribution in [1.29, 1.82) is 0 Å². The van der Waals surface area contributed by atoms with Gasteiger partial charge in [0.15, 0.2) is 0 Å². The molecule has 0 aromatic heterocycles. The first-order valence-corrected chi connectivity index (χ1v) is 5.66. The first-order chi connectivity index (χ1) is 7.45. The first kappa shape index (κ1) is 13.0. The summed E-state index contributed by atoms with van der Waals surface area (Å²) in [5, 5.41) is 0. The molecule has 0 saturated heterocycles. The molecule has 3 nitrogen and oxygen atoms in total. The highest BCUT2D eigenvalue weighted by Gasteiger charge is 2.21. The zero-order valence-corrected chi connectivity index (χ0v) is 11.7. The fourth-order valence-electron chi connectivity index (χ4n) is 1.74. The molecule has 0 N–H and O–H groups in total. The van der Waals surface area contributed by atoms with E-state index in [-0.39, 0.29) is 5.97 Å². The largest absolute Gasteiger partial charge is 0.496 e. The molecular formula is C12H15BrO3. The molecule has 1 rings (SSSR count). The standard InChI is InChI=1S/C12H15BrO3/c1-6-7(2)11(15-4)8(3)10(13)9(6)12(14)16-5/h1-5H3. The van der Waals surface area contributed by atoms with Crippen molar-refractivity contribution >= 4 is 21.9 Å². The van der Waals surface area contributed by atoms with Gasteiger partial charge in [0.2, 0.25) is 0 Å². The molecule has 0 saturated carbocycles. The van der Waals surface area contributed by atoms with Gasteiger partial charge in [-0.1, -0.05) is 0 Å². The van der Waals surface area contributed by atoms with Crippen LogP contribution in [-0.2, 0) is 4.74 Å². The second kappa shape index (κ2) is 4.87. The summed E-state index contributed by atoms with van der Waals surface area (Å²) in [5.41, 5.74) is 3.31. The monoisotopic (exact) mass is 286 g/mol. The summed E-state index contributed by atoms with van der Waals surface area (Å²) in [6, 6.07) is 0. The van der Waals surface area contributed by atoms with E-state index in [9.17, 15) is 4.79 Å². The topological polar surface area (TPSA) is 35.5 Å². The molecule has 0 radical (unpaired) electrons. The zero-order chi connectivity index (χ0) is 12.5. The van der Waals surface area contributed by atoms with Crippen LogP contribution in [-0.4, -0.2) is 20.2 Å². The molecule has 16 heavy (non-hydrogen) atoms. The molecule has 0 bridgehead atoms. The van der Waals surface area contributed by atoms with Crippen molar-refractivity contribution < 1.29 is 14.3 Å². The summed E-state index contributed by atoms with van der Waals surface area (Å²) in [4.78, 5) is 11.7. The summed E-state index contributed by atoms with van der Waals surface area (Å²) in [5.74, 6) is 0.468. The van der Waals surface area contributed by atoms with Gasteiger partial charge in [0.1, 0.15) is 5.75 Å². The molecule has 4 heteroatoms. The second-order valence-corrected chi connectivity index (χ2v) is 4.38. The van der Waals surface area contributed by atoms with Crippen molar-refractivity contribution in [3.8, 4) is 5.75 Å². The highest BCUT2D eigenvalue weighted by atomic mass is 79.9. The van der Waals surface area contributed by atoms with Crippen LogP contribution >= 0.6 is 15.9 Å². The van der Waals surface area contributed by atoms with Crippen molar-refractivity contribution in [2.45, 2.75) is 20.8 Å². The Morgan fingerprint density at radius 1 is 1.06 bits per heavy atom. The third kappa shape index (κ3) is 1.94. The molecule has 0 aliphatic heterocycles. The Morgan fingerprint density at radius 3 is 2.06 bits per heavy atom. The molecule has 0 heterocycles. The summed E-state index contributed by atoms with van der Waals surface area (Å²) in [6.45, 7) is 5.72. The van der Waals surface area contributed by atoms with Crippen molar-refractivity contribution in [2.24, 2.45) is 0 Å². The van der Waals surface area contributed by atoms with Crippen LogP contribution in [0.4, 0.5) is 0 Å². The highest BCUT2D eigenvalue weighted by Crippen LogP contribution is 2.36. The molecule has 0 amide bonds. The SMILES string of the molecule is COC(=O)c1c(C)c(C)c(OC)c(C)c1Br. The molecule has 0 aliphatic carbocycles. The Morgan fingerprint density at radius 2 is 1.62 bits per heavy atom. The van der Waals surface area contributed by atoms with Gasteiger partial charge in [-0.15, -0.1) is 0 Å². The van der Waals surface area contributed by atoms with E-state index in [4.69, 9.17) is 9.47 Å². The fourth-order valence-corrected chi connectivity index (χ4v) is 2.38. The van der Waals surface area contributed by atoms with Gasteiger partial charge in [0.25, 0.3) is 0 Å². The second-order valence-electron chi connectivity index (χ2n) is 3.59. The van der Waals surface area contributed by atoms with Crippen molar-refractivity contribution in [2.75, 3.05) is 14.2 Å². The number of rotatable bonds is 2. The molecule has 1 aromatic carbocycles. The number of carbonyl (C=O) groups is 1. The molecule has 88 valence electrons. The van der Waals surface area contributed by atoms with Gasteiger partial charge in [0, 0.05) is 10.0 Å². The molecule has 0 spiro atoms. The van der Waals surface area contributed by atoms with Crippen LogP contribution in [0.1, 0.15) is 27.0 Å².